The lowest BCUT2D eigenvalue weighted by Crippen LogP contribution is -2.22. The standard InChI is InChI=1S/C15H18N4O2/c1-2-6-19-14(16-10-17-19)9-18-7-5-11-8-12(15(20)21)3-4-13(11)18/h3-4,8,10H,2,5-7,9H2,1H3,(H,20,21). The maximum atomic E-state index is 11.0. The number of rotatable bonds is 5. The Bertz CT molecular complexity index is 665. The highest BCUT2D eigenvalue weighted by atomic mass is 16.4. The van der Waals surface area contributed by atoms with Gasteiger partial charge in [-0.05, 0) is 36.6 Å². The Morgan fingerprint density at radius 3 is 3.05 bits per heavy atom. The molecule has 0 amide bonds. The van der Waals surface area contributed by atoms with Crippen molar-refractivity contribution in [3.05, 3.63) is 41.5 Å². The van der Waals surface area contributed by atoms with Gasteiger partial charge < -0.3 is 10.0 Å². The van der Waals surface area contributed by atoms with E-state index in [0.29, 0.717) is 12.1 Å². The van der Waals surface area contributed by atoms with Gasteiger partial charge in [0.2, 0.25) is 0 Å². The first-order chi connectivity index (χ1) is 10.2. The Morgan fingerprint density at radius 1 is 1.43 bits per heavy atom. The summed E-state index contributed by atoms with van der Waals surface area (Å²) in [4.78, 5) is 17.6. The van der Waals surface area contributed by atoms with Crippen molar-refractivity contribution in [3.63, 3.8) is 0 Å². The second-order valence-electron chi connectivity index (χ2n) is 5.22. The lowest BCUT2D eigenvalue weighted by atomic mass is 10.1. The molecule has 2 aromatic rings. The van der Waals surface area contributed by atoms with Crippen molar-refractivity contribution in [2.24, 2.45) is 0 Å². The van der Waals surface area contributed by atoms with E-state index in [1.165, 1.54) is 0 Å². The lowest BCUT2D eigenvalue weighted by molar-refractivity contribution is 0.0697. The number of hydrogen-bond acceptors (Lipinski definition) is 4. The van der Waals surface area contributed by atoms with Crippen LogP contribution in [0.15, 0.2) is 24.5 Å². The zero-order valence-corrected chi connectivity index (χ0v) is 12.0. The molecule has 1 aromatic carbocycles. The highest BCUT2D eigenvalue weighted by Crippen LogP contribution is 2.29. The molecule has 0 fully saturated rings. The SMILES string of the molecule is CCCn1ncnc1CN1CCc2cc(C(=O)O)ccc21. The molecular weight excluding hydrogens is 268 g/mol. The Hall–Kier alpha value is -2.37. The number of carboxylic acids is 1. The normalized spacial score (nSPS) is 13.5. The van der Waals surface area contributed by atoms with Crippen LogP contribution in [0.5, 0.6) is 0 Å². The number of fused-ring (bicyclic) bond motifs is 1. The van der Waals surface area contributed by atoms with Crippen molar-refractivity contribution in [2.75, 3.05) is 11.4 Å². The number of carboxylic acid groups (broad SMARTS) is 1. The van der Waals surface area contributed by atoms with Gasteiger partial charge in [-0.25, -0.2) is 14.5 Å². The van der Waals surface area contributed by atoms with E-state index in [2.05, 4.69) is 21.9 Å². The van der Waals surface area contributed by atoms with Crippen molar-refractivity contribution < 1.29 is 9.90 Å². The molecule has 0 saturated heterocycles. The number of hydrogen-bond donors (Lipinski definition) is 1. The van der Waals surface area contributed by atoms with Crippen LogP contribution in [0.3, 0.4) is 0 Å². The first kappa shape index (κ1) is 13.6. The second-order valence-corrected chi connectivity index (χ2v) is 5.22. The van der Waals surface area contributed by atoms with Crippen molar-refractivity contribution >= 4 is 11.7 Å². The number of benzene rings is 1. The first-order valence-corrected chi connectivity index (χ1v) is 7.17. The van der Waals surface area contributed by atoms with Crippen molar-refractivity contribution in [3.8, 4) is 0 Å². The number of aromatic nitrogens is 3. The zero-order valence-electron chi connectivity index (χ0n) is 12.0. The van der Waals surface area contributed by atoms with Gasteiger partial charge in [0, 0.05) is 18.8 Å². The van der Waals surface area contributed by atoms with Gasteiger partial charge in [-0.15, -0.1) is 0 Å². The minimum atomic E-state index is -0.876. The average Bonchev–Trinajstić information content (AvgIpc) is 3.07. The van der Waals surface area contributed by atoms with Crippen LogP contribution in [-0.2, 0) is 19.5 Å². The van der Waals surface area contributed by atoms with Crippen LogP contribution in [0.2, 0.25) is 0 Å². The summed E-state index contributed by atoms with van der Waals surface area (Å²) in [6.45, 7) is 4.58. The van der Waals surface area contributed by atoms with Crippen molar-refractivity contribution in [1.82, 2.24) is 14.8 Å². The van der Waals surface area contributed by atoms with Crippen molar-refractivity contribution in [1.29, 1.82) is 0 Å². The molecule has 1 aliphatic heterocycles. The predicted octanol–water partition coefficient (Wildman–Crippen LogP) is 1.95. The number of carbonyl (C=O) groups is 1. The molecule has 0 bridgehead atoms. The summed E-state index contributed by atoms with van der Waals surface area (Å²) in [5.41, 5.74) is 2.55. The van der Waals surface area contributed by atoms with Crippen LogP contribution in [0.4, 0.5) is 5.69 Å². The van der Waals surface area contributed by atoms with Crippen LogP contribution in [0.1, 0.15) is 35.1 Å². The summed E-state index contributed by atoms with van der Waals surface area (Å²) >= 11 is 0. The van der Waals surface area contributed by atoms with E-state index >= 15 is 0 Å². The molecule has 0 radical (unpaired) electrons. The Balaban J connectivity index is 1.81. The molecule has 6 nitrogen and oxygen atoms in total. The summed E-state index contributed by atoms with van der Waals surface area (Å²) in [7, 11) is 0. The zero-order chi connectivity index (χ0) is 14.8. The maximum Gasteiger partial charge on any atom is 0.335 e. The molecule has 0 unspecified atom stereocenters. The van der Waals surface area contributed by atoms with Gasteiger partial charge >= 0.3 is 5.97 Å². The number of aromatic carboxylic acids is 1. The number of nitrogens with zero attached hydrogens (tertiary/aromatic N) is 4. The van der Waals surface area contributed by atoms with Crippen molar-refractivity contribution in [2.45, 2.75) is 32.9 Å². The second kappa shape index (κ2) is 5.55. The van der Waals surface area contributed by atoms with Gasteiger partial charge in [-0.2, -0.15) is 5.10 Å². The van der Waals surface area contributed by atoms with E-state index in [1.807, 2.05) is 10.7 Å². The fourth-order valence-corrected chi connectivity index (χ4v) is 2.75. The summed E-state index contributed by atoms with van der Waals surface area (Å²) < 4.78 is 1.93. The smallest absolute Gasteiger partial charge is 0.335 e. The highest BCUT2D eigenvalue weighted by Gasteiger charge is 2.22. The third kappa shape index (κ3) is 2.61. The molecule has 1 aromatic heterocycles. The molecule has 6 heteroatoms. The maximum absolute atomic E-state index is 11.0. The molecular formula is C15H18N4O2. The Labute approximate surface area is 123 Å². The molecule has 0 atom stereocenters. The summed E-state index contributed by atoms with van der Waals surface area (Å²) in [6.07, 6.45) is 3.49. The highest BCUT2D eigenvalue weighted by molar-refractivity contribution is 5.88. The van der Waals surface area contributed by atoms with E-state index in [1.54, 1.807) is 18.5 Å². The average molecular weight is 286 g/mol. The quantitative estimate of drug-likeness (QED) is 0.909. The Morgan fingerprint density at radius 2 is 2.29 bits per heavy atom. The van der Waals surface area contributed by atoms with Gasteiger partial charge in [0.15, 0.2) is 0 Å². The summed E-state index contributed by atoms with van der Waals surface area (Å²) in [5, 5.41) is 13.3. The summed E-state index contributed by atoms with van der Waals surface area (Å²) in [5.74, 6) is 0.0750. The van der Waals surface area contributed by atoms with E-state index < -0.39 is 5.97 Å². The lowest BCUT2D eigenvalue weighted by Gasteiger charge is -2.19. The van der Waals surface area contributed by atoms with Gasteiger partial charge in [0.05, 0.1) is 12.1 Å². The van der Waals surface area contributed by atoms with Crippen LogP contribution < -0.4 is 4.90 Å². The van der Waals surface area contributed by atoms with Gasteiger partial charge in [-0.1, -0.05) is 6.92 Å². The monoisotopic (exact) mass is 286 g/mol. The minimum absolute atomic E-state index is 0.352. The van der Waals surface area contributed by atoms with Crippen LogP contribution >= 0.6 is 0 Å². The third-order valence-electron chi connectivity index (χ3n) is 3.78. The molecule has 0 spiro atoms. The van der Waals surface area contributed by atoms with Gasteiger partial charge in [0.25, 0.3) is 0 Å². The molecule has 3 rings (SSSR count). The van der Waals surface area contributed by atoms with Crippen LogP contribution in [0, 0.1) is 0 Å². The molecule has 1 N–H and O–H groups in total. The predicted molar refractivity (Wildman–Crippen MR) is 78.5 cm³/mol. The first-order valence-electron chi connectivity index (χ1n) is 7.17. The fourth-order valence-electron chi connectivity index (χ4n) is 2.75. The molecule has 0 aliphatic carbocycles. The third-order valence-corrected chi connectivity index (χ3v) is 3.78. The van der Waals surface area contributed by atoms with E-state index in [0.717, 1.165) is 43.0 Å². The van der Waals surface area contributed by atoms with E-state index in [-0.39, 0.29) is 0 Å². The van der Waals surface area contributed by atoms with Gasteiger partial charge in [0.1, 0.15) is 12.2 Å². The number of aryl methyl sites for hydroxylation is 1. The molecule has 21 heavy (non-hydrogen) atoms. The molecule has 1 aliphatic rings. The fraction of sp³-hybridized carbons (Fsp3) is 0.400. The largest absolute Gasteiger partial charge is 0.478 e. The number of anilines is 1. The van der Waals surface area contributed by atoms with Gasteiger partial charge in [-0.3, -0.25) is 0 Å². The molecule has 2 heterocycles. The van der Waals surface area contributed by atoms with Crippen LogP contribution in [-0.4, -0.2) is 32.4 Å². The summed E-state index contributed by atoms with van der Waals surface area (Å²) in [6, 6.07) is 5.33. The Kier molecular flexibility index (Phi) is 3.60. The van der Waals surface area contributed by atoms with E-state index in [9.17, 15) is 4.79 Å². The molecule has 110 valence electrons. The topological polar surface area (TPSA) is 71.2 Å². The molecule has 0 saturated carbocycles. The van der Waals surface area contributed by atoms with Crippen LogP contribution in [0.25, 0.3) is 0 Å². The minimum Gasteiger partial charge on any atom is -0.478 e. The van der Waals surface area contributed by atoms with E-state index in [4.69, 9.17) is 5.11 Å².